The number of aliphatic hydroxyl groups is 1. The number of carbonyl (C=O) groups excluding carboxylic acids is 2. The van der Waals surface area contributed by atoms with Gasteiger partial charge in [-0.3, -0.25) is 15.0 Å². The largest absolute Gasteiger partial charge is 0.477 e. The van der Waals surface area contributed by atoms with Gasteiger partial charge >= 0.3 is 5.97 Å². The van der Waals surface area contributed by atoms with Crippen molar-refractivity contribution in [3.63, 3.8) is 0 Å². The lowest BCUT2D eigenvalue weighted by Gasteiger charge is -2.46. The third kappa shape index (κ3) is 4.19. The molecule has 0 aromatic heterocycles. The Kier molecular flexibility index (Phi) is 6.61. The summed E-state index contributed by atoms with van der Waals surface area (Å²) in [5.74, 6) is -2.20. The first kappa shape index (κ1) is 23.8. The van der Waals surface area contributed by atoms with Gasteiger partial charge in [-0.05, 0) is 19.8 Å². The summed E-state index contributed by atoms with van der Waals surface area (Å²) in [6.45, 7) is 6.35. The molecule has 0 aliphatic carbocycles. The second-order valence-electron chi connectivity index (χ2n) is 9.26. The van der Waals surface area contributed by atoms with Crippen molar-refractivity contribution in [2.45, 2.75) is 50.1 Å². The standard InChI is InChI=1S/C21H32N6O5S/c1-10-15-14(11(2)28)19(30)27(15)16(20(31)32)17(10)33-12-8-13(24-9-12)18(29)25-4-3-5-26(7-6-25)21(22)23/h10-15,24,28H,3-9H2,1-2H3,(H3,22,23)(H,31,32)/t10-,11?,12+,13+,14-,15-/m1/s1. The molecule has 11 nitrogen and oxygen atoms in total. The molecule has 0 aromatic rings. The van der Waals surface area contributed by atoms with Crippen LogP contribution >= 0.6 is 11.8 Å². The summed E-state index contributed by atoms with van der Waals surface area (Å²) in [4.78, 5) is 43.1. The molecule has 12 heteroatoms. The van der Waals surface area contributed by atoms with Gasteiger partial charge in [0.2, 0.25) is 11.8 Å². The molecule has 4 aliphatic heterocycles. The van der Waals surface area contributed by atoms with Crippen LogP contribution in [-0.2, 0) is 14.4 Å². The number of hydrogen-bond donors (Lipinski definition) is 5. The van der Waals surface area contributed by atoms with Gasteiger partial charge in [-0.15, -0.1) is 11.8 Å². The van der Waals surface area contributed by atoms with Crippen LogP contribution in [0.15, 0.2) is 10.6 Å². The Bertz CT molecular complexity index is 894. The van der Waals surface area contributed by atoms with Crippen molar-refractivity contribution in [3.05, 3.63) is 10.6 Å². The number of hydrogen-bond acceptors (Lipinski definition) is 7. The maximum atomic E-state index is 13.1. The van der Waals surface area contributed by atoms with E-state index in [1.54, 1.807) is 11.8 Å². The summed E-state index contributed by atoms with van der Waals surface area (Å²) in [5.41, 5.74) is 5.60. The topological polar surface area (TPSA) is 163 Å². The van der Waals surface area contributed by atoms with Gasteiger partial charge in [0.25, 0.3) is 0 Å². The molecule has 0 spiro atoms. The lowest BCUT2D eigenvalue weighted by atomic mass is 9.79. The number of rotatable bonds is 5. The number of amides is 2. The molecule has 2 amide bonds. The van der Waals surface area contributed by atoms with E-state index in [1.165, 1.54) is 16.7 Å². The summed E-state index contributed by atoms with van der Waals surface area (Å²) in [6, 6.07) is -0.681. The van der Waals surface area contributed by atoms with E-state index in [0.717, 1.165) is 6.42 Å². The van der Waals surface area contributed by atoms with E-state index < -0.39 is 18.0 Å². The Labute approximate surface area is 196 Å². The zero-order valence-corrected chi connectivity index (χ0v) is 19.7. The summed E-state index contributed by atoms with van der Waals surface area (Å²) in [5, 5.41) is 30.7. The van der Waals surface area contributed by atoms with E-state index in [4.69, 9.17) is 11.1 Å². The number of carboxylic acid groups (broad SMARTS) is 1. The minimum Gasteiger partial charge on any atom is -0.477 e. The molecule has 4 aliphatic rings. The second kappa shape index (κ2) is 9.15. The van der Waals surface area contributed by atoms with E-state index >= 15 is 0 Å². The van der Waals surface area contributed by atoms with E-state index in [-0.39, 0.29) is 46.7 Å². The van der Waals surface area contributed by atoms with E-state index in [9.17, 15) is 24.6 Å². The maximum Gasteiger partial charge on any atom is 0.353 e. The number of fused-ring (bicyclic) bond motifs is 1. The summed E-state index contributed by atoms with van der Waals surface area (Å²) >= 11 is 1.44. The number of guanidine groups is 1. The number of carbonyl (C=O) groups is 3. The molecule has 0 bridgehead atoms. The first-order valence-corrected chi connectivity index (χ1v) is 12.3. The van der Waals surface area contributed by atoms with Crippen LogP contribution < -0.4 is 11.1 Å². The number of nitrogens with two attached hydrogens (primary N) is 1. The first-order valence-electron chi connectivity index (χ1n) is 11.4. The fourth-order valence-corrected chi connectivity index (χ4v) is 6.92. The van der Waals surface area contributed by atoms with Crippen molar-refractivity contribution in [2.75, 3.05) is 32.7 Å². The van der Waals surface area contributed by atoms with Crippen LogP contribution in [0.4, 0.5) is 0 Å². The number of thioether (sulfide) groups is 1. The zero-order valence-electron chi connectivity index (χ0n) is 18.9. The molecule has 0 saturated carbocycles. The summed E-state index contributed by atoms with van der Waals surface area (Å²) < 4.78 is 0. The summed E-state index contributed by atoms with van der Waals surface area (Å²) in [6.07, 6.45) is 0.485. The normalized spacial score (nSPS) is 33.0. The number of carboxylic acids is 1. The Hall–Kier alpha value is -2.31. The van der Waals surface area contributed by atoms with Gasteiger partial charge in [0.15, 0.2) is 5.96 Å². The highest BCUT2D eigenvalue weighted by Gasteiger charge is 2.60. The highest BCUT2D eigenvalue weighted by molar-refractivity contribution is 8.03. The highest BCUT2D eigenvalue weighted by Crippen LogP contribution is 2.51. The third-order valence-electron chi connectivity index (χ3n) is 7.14. The molecule has 6 atom stereocenters. The minimum absolute atomic E-state index is 0.00486. The summed E-state index contributed by atoms with van der Waals surface area (Å²) in [7, 11) is 0. The fourth-order valence-electron chi connectivity index (χ4n) is 5.44. The molecular formula is C21H32N6O5S. The quantitative estimate of drug-likeness (QED) is 0.189. The van der Waals surface area contributed by atoms with Crippen LogP contribution in [0.25, 0.3) is 0 Å². The van der Waals surface area contributed by atoms with E-state index in [2.05, 4.69) is 5.32 Å². The van der Waals surface area contributed by atoms with Crippen LogP contribution in [0.1, 0.15) is 26.7 Å². The minimum atomic E-state index is -1.14. The number of aliphatic hydroxyl groups excluding tert-OH is 1. The van der Waals surface area contributed by atoms with Gasteiger partial charge in [0, 0.05) is 48.8 Å². The Balaban J connectivity index is 1.41. The molecule has 0 aromatic carbocycles. The smallest absolute Gasteiger partial charge is 0.353 e. The molecule has 1 unspecified atom stereocenters. The maximum absolute atomic E-state index is 13.1. The molecule has 3 fully saturated rings. The number of nitrogens with zero attached hydrogens (tertiary/aromatic N) is 3. The van der Waals surface area contributed by atoms with Crippen LogP contribution in [-0.4, -0.2) is 105 Å². The SMILES string of the molecule is CC(O)[C@H]1C(=O)N2C(C(=O)O)=C(S[C@@H]3CN[C@H](C(=O)N4CCCN(C(=N)N)CC4)C3)[C@H](C)[C@H]12. The van der Waals surface area contributed by atoms with Crippen molar-refractivity contribution in [3.8, 4) is 0 Å². The predicted molar refractivity (Wildman–Crippen MR) is 122 cm³/mol. The Morgan fingerprint density at radius 1 is 1.24 bits per heavy atom. The zero-order chi connectivity index (χ0) is 24.0. The van der Waals surface area contributed by atoms with E-state index in [0.29, 0.717) is 44.0 Å². The average molecular weight is 481 g/mol. The molecule has 0 radical (unpaired) electrons. The van der Waals surface area contributed by atoms with Crippen LogP contribution in [0.5, 0.6) is 0 Å². The molecule has 182 valence electrons. The van der Waals surface area contributed by atoms with Gasteiger partial charge in [0.1, 0.15) is 5.70 Å². The van der Waals surface area contributed by atoms with Crippen molar-refractivity contribution in [1.29, 1.82) is 5.41 Å². The van der Waals surface area contributed by atoms with Crippen molar-refractivity contribution in [2.24, 2.45) is 17.6 Å². The highest BCUT2D eigenvalue weighted by atomic mass is 32.2. The van der Waals surface area contributed by atoms with Gasteiger partial charge in [-0.1, -0.05) is 6.92 Å². The van der Waals surface area contributed by atoms with Crippen molar-refractivity contribution >= 4 is 35.5 Å². The average Bonchev–Trinajstić information content (AvgIpc) is 3.18. The third-order valence-corrected chi connectivity index (χ3v) is 8.65. The lowest BCUT2D eigenvalue weighted by molar-refractivity contribution is -0.163. The molecule has 4 heterocycles. The van der Waals surface area contributed by atoms with Crippen molar-refractivity contribution < 1.29 is 24.6 Å². The predicted octanol–water partition coefficient (Wildman–Crippen LogP) is -0.968. The number of nitrogens with one attached hydrogen (secondary N) is 2. The van der Waals surface area contributed by atoms with Crippen molar-refractivity contribution in [1.82, 2.24) is 20.0 Å². The molecule has 4 rings (SSSR count). The Morgan fingerprint density at radius 2 is 1.91 bits per heavy atom. The van der Waals surface area contributed by atoms with Gasteiger partial charge in [-0.25, -0.2) is 4.79 Å². The lowest BCUT2D eigenvalue weighted by Crippen LogP contribution is -2.63. The second-order valence-corrected chi connectivity index (χ2v) is 10.6. The fraction of sp³-hybridized carbons (Fsp3) is 0.714. The van der Waals surface area contributed by atoms with Gasteiger partial charge < -0.3 is 36.0 Å². The number of aliphatic carboxylic acids is 1. The molecule has 3 saturated heterocycles. The van der Waals surface area contributed by atoms with Crippen LogP contribution in [0.2, 0.25) is 0 Å². The van der Waals surface area contributed by atoms with Gasteiger partial charge in [0.05, 0.1) is 24.1 Å². The molecule has 6 N–H and O–H groups in total. The molecule has 33 heavy (non-hydrogen) atoms. The monoisotopic (exact) mass is 480 g/mol. The molecular weight excluding hydrogens is 448 g/mol. The Morgan fingerprint density at radius 3 is 2.55 bits per heavy atom. The first-order chi connectivity index (χ1) is 15.6. The van der Waals surface area contributed by atoms with E-state index in [1.807, 2.05) is 11.8 Å². The van der Waals surface area contributed by atoms with Crippen LogP contribution in [0.3, 0.4) is 0 Å². The van der Waals surface area contributed by atoms with Gasteiger partial charge in [-0.2, -0.15) is 0 Å². The van der Waals surface area contributed by atoms with Crippen LogP contribution in [0, 0.1) is 17.2 Å². The number of β-lactam (4-membered cyclic amide) rings is 1.